The van der Waals surface area contributed by atoms with Crippen molar-refractivity contribution in [1.82, 2.24) is 4.72 Å². The van der Waals surface area contributed by atoms with Gasteiger partial charge in [0.2, 0.25) is 10.0 Å². The van der Waals surface area contributed by atoms with Gasteiger partial charge in [-0.2, -0.15) is 0 Å². The molecule has 0 amide bonds. The highest BCUT2D eigenvalue weighted by Crippen LogP contribution is 2.16. The molecule has 2 aromatic rings. The lowest BCUT2D eigenvalue weighted by molar-refractivity contribution is 0.0450. The van der Waals surface area contributed by atoms with Crippen LogP contribution >= 0.6 is 0 Å². The molecule has 7 heteroatoms. The minimum atomic E-state index is -3.52. The molecule has 2 aromatic carbocycles. The molecule has 0 spiro atoms. The van der Waals surface area contributed by atoms with Crippen LogP contribution in [0.3, 0.4) is 0 Å². The zero-order valence-corrected chi connectivity index (χ0v) is 15.2. The van der Waals surface area contributed by atoms with E-state index in [-0.39, 0.29) is 23.7 Å². The molecule has 2 rings (SSSR count). The fourth-order valence-corrected chi connectivity index (χ4v) is 3.01. The third-order valence-corrected chi connectivity index (χ3v) is 4.88. The van der Waals surface area contributed by atoms with Gasteiger partial charge >= 0.3 is 5.97 Å². The number of hydrogen-bond donors (Lipinski definition) is 1. The molecule has 0 aliphatic carbocycles. The summed E-state index contributed by atoms with van der Waals surface area (Å²) in [5, 5.41) is 0. The largest absolute Gasteiger partial charge is 0.490 e. The molecule has 0 bridgehead atoms. The Labute approximate surface area is 147 Å². The lowest BCUT2D eigenvalue weighted by atomic mass is 10.1. The maximum atomic E-state index is 12.0. The number of esters is 1. The first-order valence-corrected chi connectivity index (χ1v) is 9.22. The van der Waals surface area contributed by atoms with Gasteiger partial charge in [0.05, 0.1) is 10.5 Å². The fraction of sp³-hybridized carbons (Fsp3) is 0.278. The maximum Gasteiger partial charge on any atom is 0.338 e. The van der Waals surface area contributed by atoms with Crippen molar-refractivity contribution in [3.05, 3.63) is 59.2 Å². The number of sulfonamides is 1. The van der Waals surface area contributed by atoms with E-state index in [0.29, 0.717) is 0 Å². The number of nitrogens with one attached hydrogen (secondary N) is 1. The highest BCUT2D eigenvalue weighted by Gasteiger charge is 2.13. The molecule has 0 unspecified atom stereocenters. The van der Waals surface area contributed by atoms with Crippen molar-refractivity contribution in [3.63, 3.8) is 0 Å². The van der Waals surface area contributed by atoms with Crippen molar-refractivity contribution in [1.29, 1.82) is 0 Å². The SMILES string of the molecule is CNS(=O)(=O)c1ccc(C(=O)OCCOc2cc(C)cc(C)c2)cc1. The van der Waals surface area contributed by atoms with Crippen LogP contribution in [0, 0.1) is 13.8 Å². The molecule has 0 fully saturated rings. The number of aryl methyl sites for hydroxylation is 2. The van der Waals surface area contributed by atoms with Crippen LogP contribution in [-0.2, 0) is 14.8 Å². The van der Waals surface area contributed by atoms with Crippen LogP contribution in [0.1, 0.15) is 21.5 Å². The topological polar surface area (TPSA) is 81.7 Å². The summed E-state index contributed by atoms with van der Waals surface area (Å²) in [6.07, 6.45) is 0. The normalized spacial score (nSPS) is 11.2. The molecule has 0 saturated heterocycles. The van der Waals surface area contributed by atoms with Gasteiger partial charge in [0.25, 0.3) is 0 Å². The Morgan fingerprint density at radius 2 is 1.60 bits per heavy atom. The van der Waals surface area contributed by atoms with Crippen LogP contribution in [0.5, 0.6) is 5.75 Å². The standard InChI is InChI=1S/C18H21NO5S/c1-13-10-14(2)12-16(11-13)23-8-9-24-18(20)15-4-6-17(7-5-15)25(21,22)19-3/h4-7,10-12,19H,8-9H2,1-3H3. The van der Waals surface area contributed by atoms with Gasteiger partial charge in [0.1, 0.15) is 19.0 Å². The Balaban J connectivity index is 1.86. The molecule has 6 nitrogen and oxygen atoms in total. The molecular formula is C18H21NO5S. The number of carbonyl (C=O) groups is 1. The molecule has 0 radical (unpaired) electrons. The Bertz CT molecular complexity index is 824. The van der Waals surface area contributed by atoms with Crippen LogP contribution in [0.25, 0.3) is 0 Å². The molecule has 0 aliphatic heterocycles. The van der Waals surface area contributed by atoms with Crippen LogP contribution < -0.4 is 9.46 Å². The lowest BCUT2D eigenvalue weighted by Gasteiger charge is -2.09. The molecular weight excluding hydrogens is 342 g/mol. The van der Waals surface area contributed by atoms with E-state index >= 15 is 0 Å². The minimum absolute atomic E-state index is 0.0877. The van der Waals surface area contributed by atoms with Crippen LogP contribution in [0.2, 0.25) is 0 Å². The first kappa shape index (κ1) is 19.0. The fourth-order valence-electron chi connectivity index (χ4n) is 2.28. The van der Waals surface area contributed by atoms with Crippen molar-refractivity contribution in [2.24, 2.45) is 0 Å². The molecule has 0 heterocycles. The highest BCUT2D eigenvalue weighted by atomic mass is 32.2. The summed E-state index contributed by atoms with van der Waals surface area (Å²) in [6, 6.07) is 11.4. The average Bonchev–Trinajstić information content (AvgIpc) is 2.58. The van der Waals surface area contributed by atoms with Gasteiger partial charge in [-0.05, 0) is 68.4 Å². The first-order valence-electron chi connectivity index (χ1n) is 7.73. The van der Waals surface area contributed by atoms with E-state index in [1.165, 1.54) is 31.3 Å². The zero-order valence-electron chi connectivity index (χ0n) is 14.4. The van der Waals surface area contributed by atoms with Crippen LogP contribution in [-0.4, -0.2) is 34.6 Å². The van der Waals surface area contributed by atoms with E-state index in [1.54, 1.807) is 0 Å². The summed E-state index contributed by atoms with van der Waals surface area (Å²) >= 11 is 0. The van der Waals surface area contributed by atoms with Gasteiger partial charge < -0.3 is 9.47 Å². The van der Waals surface area contributed by atoms with Crippen molar-refractivity contribution in [2.45, 2.75) is 18.7 Å². The van der Waals surface area contributed by atoms with E-state index in [9.17, 15) is 13.2 Å². The van der Waals surface area contributed by atoms with Crippen LogP contribution in [0.4, 0.5) is 0 Å². The summed E-state index contributed by atoms with van der Waals surface area (Å²) < 4.78 is 36.2. The number of carbonyl (C=O) groups excluding carboxylic acids is 1. The smallest absolute Gasteiger partial charge is 0.338 e. The first-order chi connectivity index (χ1) is 11.8. The second kappa shape index (κ2) is 8.13. The van der Waals surface area contributed by atoms with E-state index < -0.39 is 16.0 Å². The monoisotopic (exact) mass is 363 g/mol. The summed E-state index contributed by atoms with van der Waals surface area (Å²) in [5.41, 5.74) is 2.48. The maximum absolute atomic E-state index is 12.0. The molecule has 25 heavy (non-hydrogen) atoms. The summed E-state index contributed by atoms with van der Waals surface area (Å²) in [5.74, 6) is 0.201. The van der Waals surface area contributed by atoms with Crippen molar-refractivity contribution < 1.29 is 22.7 Å². The number of hydrogen-bond acceptors (Lipinski definition) is 5. The Morgan fingerprint density at radius 3 is 2.16 bits per heavy atom. The predicted octanol–water partition coefficient (Wildman–Crippen LogP) is 2.45. The van der Waals surface area contributed by atoms with Crippen LogP contribution in [0.15, 0.2) is 47.4 Å². The minimum Gasteiger partial charge on any atom is -0.490 e. The predicted molar refractivity (Wildman–Crippen MR) is 94.4 cm³/mol. The number of benzene rings is 2. The highest BCUT2D eigenvalue weighted by molar-refractivity contribution is 7.89. The second-order valence-corrected chi connectivity index (χ2v) is 7.43. The molecule has 0 aliphatic rings. The average molecular weight is 363 g/mol. The Morgan fingerprint density at radius 1 is 1.00 bits per heavy atom. The van der Waals surface area contributed by atoms with Crippen molar-refractivity contribution >= 4 is 16.0 Å². The third kappa shape index (κ3) is 5.30. The third-order valence-electron chi connectivity index (χ3n) is 3.45. The molecule has 134 valence electrons. The Hall–Kier alpha value is -2.38. The molecule has 0 aromatic heterocycles. The lowest BCUT2D eigenvalue weighted by Crippen LogP contribution is -2.18. The number of rotatable bonds is 7. The van der Waals surface area contributed by atoms with Gasteiger partial charge in [-0.15, -0.1) is 0 Å². The zero-order chi connectivity index (χ0) is 18.4. The Kier molecular flexibility index (Phi) is 6.17. The molecule has 0 saturated carbocycles. The van der Waals surface area contributed by atoms with Gasteiger partial charge in [-0.1, -0.05) is 6.07 Å². The van der Waals surface area contributed by atoms with E-state index in [2.05, 4.69) is 4.72 Å². The number of ether oxygens (including phenoxy) is 2. The summed E-state index contributed by atoms with van der Waals surface area (Å²) in [4.78, 5) is 12.0. The van der Waals surface area contributed by atoms with Gasteiger partial charge in [0, 0.05) is 0 Å². The van der Waals surface area contributed by atoms with E-state index in [1.807, 2.05) is 32.0 Å². The quantitative estimate of drug-likeness (QED) is 0.604. The summed E-state index contributed by atoms with van der Waals surface area (Å²) in [6.45, 7) is 4.30. The van der Waals surface area contributed by atoms with Gasteiger partial charge in [-0.3, -0.25) is 0 Å². The van der Waals surface area contributed by atoms with E-state index in [0.717, 1.165) is 16.9 Å². The van der Waals surface area contributed by atoms with Gasteiger partial charge in [-0.25, -0.2) is 17.9 Å². The van der Waals surface area contributed by atoms with Crippen molar-refractivity contribution in [2.75, 3.05) is 20.3 Å². The molecule has 0 atom stereocenters. The van der Waals surface area contributed by atoms with Gasteiger partial charge in [0.15, 0.2) is 0 Å². The van der Waals surface area contributed by atoms with Crippen molar-refractivity contribution in [3.8, 4) is 5.75 Å². The molecule has 1 N–H and O–H groups in total. The summed E-state index contributed by atoms with van der Waals surface area (Å²) in [7, 11) is -2.19. The van der Waals surface area contributed by atoms with E-state index in [4.69, 9.17) is 9.47 Å². The second-order valence-electron chi connectivity index (χ2n) is 5.54.